The van der Waals surface area contributed by atoms with Crippen molar-refractivity contribution < 1.29 is 9.59 Å². The third-order valence-corrected chi connectivity index (χ3v) is 6.51. The molecule has 4 nitrogen and oxygen atoms in total. The zero-order chi connectivity index (χ0) is 17.1. The van der Waals surface area contributed by atoms with Gasteiger partial charge < -0.3 is 10.2 Å². The minimum atomic E-state index is 0.0671. The van der Waals surface area contributed by atoms with Gasteiger partial charge in [-0.05, 0) is 56.1 Å². The fourth-order valence-electron chi connectivity index (χ4n) is 3.61. The molecule has 0 aromatic carbocycles. The number of carbonyl (C=O) groups is 2. The van der Waals surface area contributed by atoms with Gasteiger partial charge in [0.2, 0.25) is 5.91 Å². The van der Waals surface area contributed by atoms with Crippen LogP contribution in [0.2, 0.25) is 0 Å². The molecule has 1 saturated heterocycles. The lowest BCUT2D eigenvalue weighted by Crippen LogP contribution is -2.37. The van der Waals surface area contributed by atoms with Crippen LogP contribution in [0.3, 0.4) is 0 Å². The van der Waals surface area contributed by atoms with Gasteiger partial charge in [-0.15, -0.1) is 11.3 Å². The van der Waals surface area contributed by atoms with Crippen LogP contribution < -0.4 is 5.32 Å². The maximum absolute atomic E-state index is 12.7. The number of rotatable bonds is 4. The first-order valence-electron chi connectivity index (χ1n) is 9.27. The quantitative estimate of drug-likeness (QED) is 0.908. The summed E-state index contributed by atoms with van der Waals surface area (Å²) in [6, 6.07) is 2.06. The Hall–Kier alpha value is -1.36. The van der Waals surface area contributed by atoms with Crippen LogP contribution >= 0.6 is 11.3 Å². The maximum Gasteiger partial charge on any atom is 0.263 e. The number of likely N-dealkylation sites (tertiary alicyclic amines) is 1. The van der Waals surface area contributed by atoms with Crippen LogP contribution in [-0.4, -0.2) is 36.3 Å². The zero-order valence-electron chi connectivity index (χ0n) is 14.8. The first kappa shape index (κ1) is 17.5. The summed E-state index contributed by atoms with van der Waals surface area (Å²) in [5, 5.41) is 3.01. The van der Waals surface area contributed by atoms with Crippen molar-refractivity contribution in [3.8, 4) is 0 Å². The molecule has 2 heterocycles. The van der Waals surface area contributed by atoms with Crippen molar-refractivity contribution in [1.82, 2.24) is 10.2 Å². The highest BCUT2D eigenvalue weighted by atomic mass is 32.1. The largest absolute Gasteiger partial charge is 0.356 e. The molecule has 1 aromatic heterocycles. The summed E-state index contributed by atoms with van der Waals surface area (Å²) in [6.45, 7) is 6.84. The predicted octanol–water partition coefficient (Wildman–Crippen LogP) is 3.25. The van der Waals surface area contributed by atoms with Crippen LogP contribution in [0.1, 0.15) is 59.6 Å². The maximum atomic E-state index is 12.7. The smallest absolute Gasteiger partial charge is 0.263 e. The Bertz CT molecular complexity index is 603. The second-order valence-corrected chi connectivity index (χ2v) is 8.40. The van der Waals surface area contributed by atoms with Crippen molar-refractivity contribution >= 4 is 23.2 Å². The van der Waals surface area contributed by atoms with E-state index in [1.165, 1.54) is 10.4 Å². The third-order valence-electron chi connectivity index (χ3n) is 5.28. The van der Waals surface area contributed by atoms with Gasteiger partial charge >= 0.3 is 0 Å². The van der Waals surface area contributed by atoms with Crippen molar-refractivity contribution in [1.29, 1.82) is 0 Å². The van der Waals surface area contributed by atoms with Gasteiger partial charge in [0.1, 0.15) is 0 Å². The fraction of sp³-hybridized carbons (Fsp3) is 0.684. The van der Waals surface area contributed by atoms with Gasteiger partial charge in [-0.1, -0.05) is 13.8 Å². The lowest BCUT2D eigenvalue weighted by Gasteiger charge is -2.29. The molecule has 0 saturated carbocycles. The molecule has 0 radical (unpaired) electrons. The number of hydrogen-bond acceptors (Lipinski definition) is 3. The SMILES string of the molecule is CCCNC(=O)[C@H]1CCc2sc(C(=O)N3CCC(C)CC3)cc2C1. The Balaban J connectivity index is 1.64. The van der Waals surface area contributed by atoms with Crippen LogP contribution in [-0.2, 0) is 17.6 Å². The fourth-order valence-corrected chi connectivity index (χ4v) is 4.79. The van der Waals surface area contributed by atoms with Crippen molar-refractivity contribution in [3.05, 3.63) is 21.4 Å². The average Bonchev–Trinajstić information content (AvgIpc) is 3.02. The van der Waals surface area contributed by atoms with E-state index in [1.807, 2.05) is 4.90 Å². The molecule has 0 bridgehead atoms. The lowest BCUT2D eigenvalue weighted by atomic mass is 9.87. The molecule has 5 heteroatoms. The number of thiophene rings is 1. The Kier molecular flexibility index (Phi) is 5.59. The van der Waals surface area contributed by atoms with E-state index in [0.717, 1.165) is 69.0 Å². The molecule has 1 fully saturated rings. The summed E-state index contributed by atoms with van der Waals surface area (Å²) in [5.41, 5.74) is 1.22. The number of carbonyl (C=O) groups excluding carboxylic acids is 2. The topological polar surface area (TPSA) is 49.4 Å². The first-order chi connectivity index (χ1) is 11.6. The standard InChI is InChI=1S/C19H28N2O2S/c1-3-8-20-18(22)14-4-5-16-15(11-14)12-17(24-16)19(23)21-9-6-13(2)7-10-21/h12-14H,3-11H2,1-2H3,(H,20,22)/t14-/m0/s1. The highest BCUT2D eigenvalue weighted by Gasteiger charge is 2.29. The van der Waals surface area contributed by atoms with Crippen molar-refractivity contribution in [2.24, 2.45) is 11.8 Å². The number of nitrogens with one attached hydrogen (secondary N) is 1. The second-order valence-electron chi connectivity index (χ2n) is 7.26. The van der Waals surface area contributed by atoms with Gasteiger partial charge in [-0.2, -0.15) is 0 Å². The van der Waals surface area contributed by atoms with E-state index in [2.05, 4.69) is 25.2 Å². The number of hydrogen-bond donors (Lipinski definition) is 1. The first-order valence-corrected chi connectivity index (χ1v) is 10.1. The molecule has 2 amide bonds. The van der Waals surface area contributed by atoms with Crippen molar-refractivity contribution in [2.75, 3.05) is 19.6 Å². The zero-order valence-corrected chi connectivity index (χ0v) is 15.6. The molecular formula is C19H28N2O2S. The van der Waals surface area contributed by atoms with Gasteiger partial charge in [0.05, 0.1) is 4.88 Å². The molecule has 1 aliphatic heterocycles. The molecule has 1 N–H and O–H groups in total. The van der Waals surface area contributed by atoms with Crippen LogP contribution in [0.5, 0.6) is 0 Å². The molecule has 0 spiro atoms. The highest BCUT2D eigenvalue weighted by molar-refractivity contribution is 7.14. The van der Waals surface area contributed by atoms with Gasteiger partial charge in [0, 0.05) is 30.4 Å². The molecule has 3 rings (SSSR count). The van der Waals surface area contributed by atoms with Crippen LogP contribution in [0.15, 0.2) is 6.07 Å². The number of amides is 2. The van der Waals surface area contributed by atoms with Gasteiger partial charge in [0.25, 0.3) is 5.91 Å². The van der Waals surface area contributed by atoms with Gasteiger partial charge in [-0.25, -0.2) is 0 Å². The van der Waals surface area contributed by atoms with E-state index in [-0.39, 0.29) is 17.7 Å². The normalized spacial score (nSPS) is 21.4. The minimum Gasteiger partial charge on any atom is -0.356 e. The summed E-state index contributed by atoms with van der Waals surface area (Å²) < 4.78 is 0. The average molecular weight is 349 g/mol. The Morgan fingerprint density at radius 3 is 2.75 bits per heavy atom. The van der Waals surface area contributed by atoms with Crippen molar-refractivity contribution in [3.63, 3.8) is 0 Å². The molecule has 24 heavy (non-hydrogen) atoms. The lowest BCUT2D eigenvalue weighted by molar-refractivity contribution is -0.125. The molecule has 1 atom stereocenters. The number of nitrogens with zero attached hydrogens (tertiary/aromatic N) is 1. The van der Waals surface area contributed by atoms with E-state index in [9.17, 15) is 9.59 Å². The monoisotopic (exact) mass is 348 g/mol. The molecular weight excluding hydrogens is 320 g/mol. The molecule has 1 aliphatic carbocycles. The predicted molar refractivity (Wildman–Crippen MR) is 97.4 cm³/mol. The Morgan fingerprint density at radius 1 is 1.29 bits per heavy atom. The van der Waals surface area contributed by atoms with E-state index < -0.39 is 0 Å². The molecule has 1 aromatic rings. The Morgan fingerprint density at radius 2 is 2.04 bits per heavy atom. The van der Waals surface area contributed by atoms with Crippen LogP contribution in [0.4, 0.5) is 0 Å². The highest BCUT2D eigenvalue weighted by Crippen LogP contribution is 2.33. The molecule has 0 unspecified atom stereocenters. The minimum absolute atomic E-state index is 0.0671. The van der Waals surface area contributed by atoms with Crippen LogP contribution in [0.25, 0.3) is 0 Å². The van der Waals surface area contributed by atoms with E-state index in [1.54, 1.807) is 11.3 Å². The molecule has 2 aliphatic rings. The molecule has 132 valence electrons. The van der Waals surface area contributed by atoms with E-state index in [4.69, 9.17) is 0 Å². The number of aryl methyl sites for hydroxylation is 1. The second kappa shape index (κ2) is 7.68. The van der Waals surface area contributed by atoms with Crippen LogP contribution in [0, 0.1) is 11.8 Å². The summed E-state index contributed by atoms with van der Waals surface area (Å²) in [7, 11) is 0. The number of fused-ring (bicyclic) bond motifs is 1. The number of piperidine rings is 1. The summed E-state index contributed by atoms with van der Waals surface area (Å²) >= 11 is 1.65. The van der Waals surface area contributed by atoms with Crippen molar-refractivity contribution in [2.45, 2.75) is 52.4 Å². The van der Waals surface area contributed by atoms with Gasteiger partial charge in [-0.3, -0.25) is 9.59 Å². The summed E-state index contributed by atoms with van der Waals surface area (Å²) in [6.07, 6.45) is 5.79. The summed E-state index contributed by atoms with van der Waals surface area (Å²) in [5.74, 6) is 1.16. The third kappa shape index (κ3) is 3.82. The summed E-state index contributed by atoms with van der Waals surface area (Å²) in [4.78, 5) is 29.1. The van der Waals surface area contributed by atoms with E-state index >= 15 is 0 Å². The Labute approximate surface area is 148 Å². The van der Waals surface area contributed by atoms with E-state index in [0.29, 0.717) is 0 Å². The van der Waals surface area contributed by atoms with Gasteiger partial charge in [0.15, 0.2) is 0 Å².